The van der Waals surface area contributed by atoms with Gasteiger partial charge in [-0.1, -0.05) is 27.7 Å². The molecule has 3 atom stereocenters. The van der Waals surface area contributed by atoms with E-state index >= 15 is 0 Å². The number of carbonyl (C=O) groups excluding carboxylic acids is 1. The largest absolute Gasteiger partial charge is 0.355 e. The number of rotatable bonds is 3. The second-order valence-electron chi connectivity index (χ2n) is 7.43. The second-order valence-corrected chi connectivity index (χ2v) is 7.43. The van der Waals surface area contributed by atoms with E-state index in [2.05, 4.69) is 33.0 Å². The third-order valence-corrected chi connectivity index (χ3v) is 5.61. The molecule has 2 rings (SSSR count). The van der Waals surface area contributed by atoms with Crippen LogP contribution >= 0.6 is 0 Å². The van der Waals surface area contributed by atoms with E-state index in [4.69, 9.17) is 5.73 Å². The lowest BCUT2D eigenvalue weighted by molar-refractivity contribution is -0.132. The van der Waals surface area contributed by atoms with Gasteiger partial charge in [0.25, 0.3) is 0 Å². The van der Waals surface area contributed by atoms with Crippen molar-refractivity contribution in [3.63, 3.8) is 0 Å². The Labute approximate surface area is 111 Å². The van der Waals surface area contributed by atoms with Gasteiger partial charge in [-0.25, -0.2) is 0 Å². The van der Waals surface area contributed by atoms with E-state index in [-0.39, 0.29) is 23.3 Å². The fourth-order valence-corrected chi connectivity index (χ4v) is 3.13. The van der Waals surface area contributed by atoms with E-state index in [0.29, 0.717) is 11.3 Å². The lowest BCUT2D eigenvalue weighted by Gasteiger charge is -2.46. The van der Waals surface area contributed by atoms with Crippen LogP contribution in [0.2, 0.25) is 0 Å². The molecule has 0 aromatic rings. The molecule has 3 unspecified atom stereocenters. The molecule has 0 heterocycles. The topological polar surface area (TPSA) is 55.1 Å². The van der Waals surface area contributed by atoms with Gasteiger partial charge < -0.3 is 11.1 Å². The first-order valence-corrected chi connectivity index (χ1v) is 7.29. The van der Waals surface area contributed by atoms with Crippen LogP contribution < -0.4 is 11.1 Å². The minimum Gasteiger partial charge on any atom is -0.355 e. The highest BCUT2D eigenvalue weighted by molar-refractivity contribution is 5.79. The van der Waals surface area contributed by atoms with Crippen LogP contribution in [0.4, 0.5) is 0 Å². The van der Waals surface area contributed by atoms with Crippen LogP contribution in [0.3, 0.4) is 0 Å². The van der Waals surface area contributed by atoms with Gasteiger partial charge in [-0.3, -0.25) is 4.79 Å². The minimum atomic E-state index is 0.00616. The van der Waals surface area contributed by atoms with Gasteiger partial charge in [-0.05, 0) is 42.4 Å². The second kappa shape index (κ2) is 4.52. The molecule has 0 aliphatic heterocycles. The monoisotopic (exact) mass is 252 g/mol. The Morgan fingerprint density at radius 1 is 1.28 bits per heavy atom. The van der Waals surface area contributed by atoms with Gasteiger partial charge in [0, 0.05) is 18.5 Å². The average molecular weight is 252 g/mol. The van der Waals surface area contributed by atoms with Crippen molar-refractivity contribution in [3.8, 4) is 0 Å². The summed E-state index contributed by atoms with van der Waals surface area (Å²) in [4.78, 5) is 12.4. The molecule has 0 saturated heterocycles. The fraction of sp³-hybridized carbons (Fsp3) is 0.933. The summed E-state index contributed by atoms with van der Waals surface area (Å²) in [6.45, 7) is 9.67. The van der Waals surface area contributed by atoms with E-state index in [1.54, 1.807) is 0 Å². The van der Waals surface area contributed by atoms with E-state index < -0.39 is 0 Å². The van der Waals surface area contributed by atoms with Crippen molar-refractivity contribution in [2.75, 3.05) is 6.54 Å². The maximum Gasteiger partial charge on any atom is 0.223 e. The molecule has 3 nitrogen and oxygen atoms in total. The number of nitrogens with two attached hydrogens (primary N) is 1. The predicted octanol–water partition coefficient (Wildman–Crippen LogP) is 2.30. The van der Waals surface area contributed by atoms with Crippen molar-refractivity contribution in [1.82, 2.24) is 5.32 Å². The fourth-order valence-electron chi connectivity index (χ4n) is 3.13. The predicted molar refractivity (Wildman–Crippen MR) is 74.0 cm³/mol. The highest BCUT2D eigenvalue weighted by Crippen LogP contribution is 2.46. The summed E-state index contributed by atoms with van der Waals surface area (Å²) < 4.78 is 0. The number of carbonyl (C=O) groups is 1. The Morgan fingerprint density at radius 3 is 2.44 bits per heavy atom. The Balaban J connectivity index is 1.96. The molecular formula is C15H28N2O. The average Bonchev–Trinajstić information content (AvgIpc) is 3.02. The van der Waals surface area contributed by atoms with Crippen LogP contribution in [0.1, 0.15) is 53.4 Å². The molecule has 0 spiro atoms. The lowest BCUT2D eigenvalue weighted by Crippen LogP contribution is -2.52. The molecule has 104 valence electrons. The summed E-state index contributed by atoms with van der Waals surface area (Å²) in [5.41, 5.74) is 6.53. The molecule has 2 aliphatic rings. The van der Waals surface area contributed by atoms with E-state index in [1.165, 1.54) is 12.8 Å². The smallest absolute Gasteiger partial charge is 0.223 e. The maximum atomic E-state index is 12.4. The van der Waals surface area contributed by atoms with Gasteiger partial charge in [-0.15, -0.1) is 0 Å². The van der Waals surface area contributed by atoms with Crippen molar-refractivity contribution in [1.29, 1.82) is 0 Å². The zero-order chi connectivity index (χ0) is 13.6. The van der Waals surface area contributed by atoms with Crippen LogP contribution in [0.25, 0.3) is 0 Å². The minimum absolute atomic E-state index is 0.00616. The normalized spacial score (nSPS) is 37.1. The molecule has 2 fully saturated rings. The van der Waals surface area contributed by atoms with E-state index in [0.717, 1.165) is 19.4 Å². The van der Waals surface area contributed by atoms with Crippen LogP contribution in [-0.2, 0) is 4.79 Å². The summed E-state index contributed by atoms with van der Waals surface area (Å²) >= 11 is 0. The molecule has 2 saturated carbocycles. The van der Waals surface area contributed by atoms with Crippen molar-refractivity contribution < 1.29 is 4.79 Å². The van der Waals surface area contributed by atoms with Gasteiger partial charge in [0.1, 0.15) is 0 Å². The van der Waals surface area contributed by atoms with Crippen LogP contribution in [-0.4, -0.2) is 18.5 Å². The molecule has 2 aliphatic carbocycles. The zero-order valence-electron chi connectivity index (χ0n) is 12.3. The van der Waals surface area contributed by atoms with Crippen molar-refractivity contribution in [2.45, 2.75) is 59.4 Å². The summed E-state index contributed by atoms with van der Waals surface area (Å²) in [6.07, 6.45) is 4.41. The Hall–Kier alpha value is -0.570. The quantitative estimate of drug-likeness (QED) is 0.810. The summed E-state index contributed by atoms with van der Waals surface area (Å²) in [5.74, 6) is 0.764. The summed E-state index contributed by atoms with van der Waals surface area (Å²) in [7, 11) is 0. The van der Waals surface area contributed by atoms with Gasteiger partial charge >= 0.3 is 0 Å². The summed E-state index contributed by atoms with van der Waals surface area (Å²) in [6, 6.07) is 0.241. The van der Waals surface area contributed by atoms with Gasteiger partial charge in [0.15, 0.2) is 0 Å². The molecular weight excluding hydrogens is 224 g/mol. The van der Waals surface area contributed by atoms with E-state index in [1.807, 2.05) is 0 Å². The Kier molecular flexibility index (Phi) is 3.48. The molecule has 0 radical (unpaired) electrons. The van der Waals surface area contributed by atoms with Gasteiger partial charge in [0.2, 0.25) is 5.91 Å². The van der Waals surface area contributed by atoms with Crippen LogP contribution in [0.15, 0.2) is 0 Å². The standard InChI is InChI=1S/C15H28N2O/c1-10-12(16)6-5-11(14(10,2)3)13(18)17-9-15(4)7-8-15/h10-12H,5-9,16H2,1-4H3,(H,17,18). The van der Waals surface area contributed by atoms with Crippen molar-refractivity contribution >= 4 is 5.91 Å². The Morgan fingerprint density at radius 2 is 1.89 bits per heavy atom. The van der Waals surface area contributed by atoms with E-state index in [9.17, 15) is 4.79 Å². The van der Waals surface area contributed by atoms with Crippen LogP contribution in [0.5, 0.6) is 0 Å². The zero-order valence-corrected chi connectivity index (χ0v) is 12.3. The number of nitrogens with one attached hydrogen (secondary N) is 1. The number of hydrogen-bond donors (Lipinski definition) is 2. The molecule has 3 N–H and O–H groups in total. The van der Waals surface area contributed by atoms with Crippen molar-refractivity contribution in [3.05, 3.63) is 0 Å². The summed E-state index contributed by atoms with van der Waals surface area (Å²) in [5, 5.41) is 3.17. The molecule has 3 heteroatoms. The lowest BCUT2D eigenvalue weighted by atomic mass is 9.61. The number of hydrogen-bond acceptors (Lipinski definition) is 2. The maximum absolute atomic E-state index is 12.4. The highest BCUT2D eigenvalue weighted by atomic mass is 16.1. The third-order valence-electron chi connectivity index (χ3n) is 5.61. The molecule has 0 aromatic heterocycles. The van der Waals surface area contributed by atoms with Crippen LogP contribution in [0, 0.1) is 22.7 Å². The molecule has 0 bridgehead atoms. The van der Waals surface area contributed by atoms with Gasteiger partial charge in [0.05, 0.1) is 0 Å². The number of amides is 1. The first-order valence-electron chi connectivity index (χ1n) is 7.29. The van der Waals surface area contributed by atoms with Gasteiger partial charge in [-0.2, -0.15) is 0 Å². The van der Waals surface area contributed by atoms with Crippen molar-refractivity contribution in [2.24, 2.45) is 28.4 Å². The molecule has 0 aromatic carbocycles. The first-order chi connectivity index (χ1) is 8.26. The Bertz CT molecular complexity index is 333. The SMILES string of the molecule is CC1C(N)CCC(C(=O)NCC2(C)CC2)C1(C)C. The first kappa shape index (κ1) is 13.9. The molecule has 1 amide bonds. The third kappa shape index (κ3) is 2.56. The highest BCUT2D eigenvalue weighted by Gasteiger charge is 2.45. The molecule has 18 heavy (non-hydrogen) atoms.